The van der Waals surface area contributed by atoms with Gasteiger partial charge in [0.25, 0.3) is 5.91 Å². The van der Waals surface area contributed by atoms with Crippen LogP contribution in [0.25, 0.3) is 0 Å². The van der Waals surface area contributed by atoms with Gasteiger partial charge in [0.2, 0.25) is 0 Å². The average molecular weight is 639 g/mol. The van der Waals surface area contributed by atoms with Crippen LogP contribution in [0, 0.1) is 0 Å². The lowest BCUT2D eigenvalue weighted by molar-refractivity contribution is -0.148. The summed E-state index contributed by atoms with van der Waals surface area (Å²) >= 11 is 15.8. The van der Waals surface area contributed by atoms with Gasteiger partial charge in [-0.25, -0.2) is 14.5 Å². The third-order valence-corrected chi connectivity index (χ3v) is 8.27. The van der Waals surface area contributed by atoms with Crippen molar-refractivity contribution in [3.8, 4) is 0 Å². The molecule has 3 heterocycles. The summed E-state index contributed by atoms with van der Waals surface area (Å²) in [5.41, 5.74) is -0.0985. The molecule has 0 unspecified atom stereocenters. The van der Waals surface area contributed by atoms with Crippen LogP contribution in [0.4, 0.5) is 15.3 Å². The molecule has 0 aliphatic carbocycles. The molecule has 2 aromatic carbocycles. The molecule has 2 aromatic rings. The zero-order valence-corrected chi connectivity index (χ0v) is 24.2. The number of halogens is 3. The molecule has 3 saturated heterocycles. The molecule has 0 aromatic heterocycles. The van der Waals surface area contributed by atoms with Gasteiger partial charge in [0.05, 0.1) is 12.2 Å². The number of benzene rings is 2. The minimum atomic E-state index is -1.24. The Morgan fingerprint density at radius 2 is 1.64 bits per heavy atom. The molecule has 3 aliphatic rings. The molecule has 0 radical (unpaired) electrons. The summed E-state index contributed by atoms with van der Waals surface area (Å²) < 4.78 is 12.0. The Balaban J connectivity index is 1.36. The first-order valence-corrected chi connectivity index (χ1v) is 14.1. The topological polar surface area (TPSA) is 96.5 Å². The Kier molecular flexibility index (Phi) is 7.81. The maximum absolute atomic E-state index is 14.0. The number of hydrogen-bond donors (Lipinski definition) is 0. The molecule has 9 nitrogen and oxygen atoms in total. The number of ether oxygens (including phenoxy) is 2. The number of urea groups is 1. The maximum atomic E-state index is 14.0. The molecular weight excluding hydrogens is 613 g/mol. The summed E-state index contributed by atoms with van der Waals surface area (Å²) in [6.07, 6.45) is 0.0295. The zero-order chi connectivity index (χ0) is 27.9. The lowest BCUT2D eigenvalue weighted by Gasteiger charge is -2.31. The zero-order valence-electron chi connectivity index (χ0n) is 21.1. The normalized spacial score (nSPS) is 23.3. The predicted octanol–water partition coefficient (Wildman–Crippen LogP) is 5.44. The van der Waals surface area contributed by atoms with Gasteiger partial charge in [0, 0.05) is 60.2 Å². The monoisotopic (exact) mass is 637 g/mol. The van der Waals surface area contributed by atoms with E-state index >= 15 is 0 Å². The van der Waals surface area contributed by atoms with Crippen molar-refractivity contribution in [3.05, 3.63) is 62.5 Å². The molecule has 3 aliphatic heterocycles. The van der Waals surface area contributed by atoms with Crippen LogP contribution in [0.2, 0.25) is 10.0 Å². The second kappa shape index (κ2) is 11.0. The van der Waals surface area contributed by atoms with E-state index in [1.165, 1.54) is 30.0 Å². The predicted molar refractivity (Wildman–Crippen MR) is 148 cm³/mol. The smallest absolute Gasteiger partial charge is 0.410 e. The first kappa shape index (κ1) is 27.7. The molecule has 2 atom stereocenters. The molecule has 0 N–H and O–H groups in total. The van der Waals surface area contributed by atoms with E-state index in [4.69, 9.17) is 32.7 Å². The number of carbonyl (C=O) groups excluding carboxylic acids is 4. The fraction of sp³-hybridized carbons (Fsp3) is 0.407. The van der Waals surface area contributed by atoms with E-state index in [0.717, 1.165) is 14.9 Å². The molecule has 0 saturated carbocycles. The quantitative estimate of drug-likeness (QED) is 0.320. The molecule has 0 bridgehead atoms. The molecule has 4 amide bonds. The summed E-state index contributed by atoms with van der Waals surface area (Å²) in [6.45, 7) is 2.21. The summed E-state index contributed by atoms with van der Waals surface area (Å²) in [4.78, 5) is 56.1. The number of rotatable bonds is 5. The van der Waals surface area contributed by atoms with Crippen molar-refractivity contribution in [2.45, 2.75) is 50.4 Å². The number of nitrogens with zero attached hydrogens (tertiary/aromatic N) is 3. The standard InChI is InChI=1S/C27H26BrCl2N3O6/c1-16(34)38-22-6-8-31(9-7-22)26(37)39-23-14-27(13-17-2-4-18(28)5-3-17)24(35)33(25(36)32(27)15-23)21-11-19(29)10-20(30)12-21/h2-5,10-12,22-23H,6-9,13-15H2,1H3/t23-,27+/m1/s1. The summed E-state index contributed by atoms with van der Waals surface area (Å²) in [7, 11) is 0. The number of anilines is 1. The summed E-state index contributed by atoms with van der Waals surface area (Å²) in [6, 6.07) is 11.6. The Hall–Kier alpha value is -2.82. The number of hydrogen-bond acceptors (Lipinski definition) is 6. The molecule has 3 fully saturated rings. The SMILES string of the molecule is CC(=O)OC1CCN(C(=O)O[C@H]2CN3C(=O)N(c4cc(Cl)cc(Cl)c4)C(=O)[C@]3(Cc3ccc(Br)cc3)C2)CC1. The molecule has 12 heteroatoms. The van der Waals surface area contributed by atoms with E-state index in [2.05, 4.69) is 15.9 Å². The Bertz CT molecular complexity index is 1300. The van der Waals surface area contributed by atoms with E-state index in [1.54, 1.807) is 4.90 Å². The van der Waals surface area contributed by atoms with Crippen LogP contribution in [0.1, 0.15) is 31.7 Å². The highest BCUT2D eigenvalue weighted by molar-refractivity contribution is 9.10. The Labute approximate surface area is 244 Å². The summed E-state index contributed by atoms with van der Waals surface area (Å²) in [5.74, 6) is -0.767. The van der Waals surface area contributed by atoms with Gasteiger partial charge in [-0.15, -0.1) is 0 Å². The fourth-order valence-electron chi connectivity index (χ4n) is 5.58. The second-order valence-electron chi connectivity index (χ2n) is 10.0. The van der Waals surface area contributed by atoms with E-state index < -0.39 is 29.7 Å². The van der Waals surface area contributed by atoms with E-state index in [1.807, 2.05) is 24.3 Å². The Morgan fingerprint density at radius 3 is 2.26 bits per heavy atom. The molecule has 0 spiro atoms. The number of fused-ring (bicyclic) bond motifs is 1. The van der Waals surface area contributed by atoms with Gasteiger partial charge < -0.3 is 19.3 Å². The number of esters is 1. The third-order valence-electron chi connectivity index (χ3n) is 7.31. The molecule has 39 heavy (non-hydrogen) atoms. The largest absolute Gasteiger partial charge is 0.462 e. The average Bonchev–Trinajstić information content (AvgIpc) is 3.32. The lowest BCUT2D eigenvalue weighted by atomic mass is 9.87. The highest BCUT2D eigenvalue weighted by Gasteiger charge is 2.63. The van der Waals surface area contributed by atoms with Gasteiger partial charge in [-0.05, 0) is 35.9 Å². The van der Waals surface area contributed by atoms with Gasteiger partial charge in [0.15, 0.2) is 0 Å². The van der Waals surface area contributed by atoms with Gasteiger partial charge in [-0.1, -0.05) is 51.3 Å². The van der Waals surface area contributed by atoms with E-state index in [-0.39, 0.29) is 37.1 Å². The maximum Gasteiger partial charge on any atom is 0.410 e. The van der Waals surface area contributed by atoms with Crippen LogP contribution in [0.15, 0.2) is 46.9 Å². The number of amides is 4. The van der Waals surface area contributed by atoms with Crippen molar-refractivity contribution in [3.63, 3.8) is 0 Å². The van der Waals surface area contributed by atoms with Crippen LogP contribution in [0.3, 0.4) is 0 Å². The highest BCUT2D eigenvalue weighted by atomic mass is 79.9. The van der Waals surface area contributed by atoms with Crippen LogP contribution in [0.5, 0.6) is 0 Å². The minimum Gasteiger partial charge on any atom is -0.462 e. The number of imide groups is 1. The second-order valence-corrected chi connectivity index (χ2v) is 11.8. The van der Waals surface area contributed by atoms with Gasteiger partial charge in [-0.3, -0.25) is 9.59 Å². The van der Waals surface area contributed by atoms with Crippen molar-refractivity contribution in [2.75, 3.05) is 24.5 Å². The lowest BCUT2D eigenvalue weighted by Crippen LogP contribution is -2.47. The molecule has 206 valence electrons. The molecular formula is C27H26BrCl2N3O6. The van der Waals surface area contributed by atoms with Crippen LogP contribution in [-0.2, 0) is 25.5 Å². The van der Waals surface area contributed by atoms with E-state index in [0.29, 0.717) is 36.0 Å². The minimum absolute atomic E-state index is 0.0710. The fourth-order valence-corrected chi connectivity index (χ4v) is 6.35. The van der Waals surface area contributed by atoms with Crippen LogP contribution < -0.4 is 4.90 Å². The van der Waals surface area contributed by atoms with Gasteiger partial charge >= 0.3 is 18.1 Å². The van der Waals surface area contributed by atoms with Crippen molar-refractivity contribution < 1.29 is 28.7 Å². The van der Waals surface area contributed by atoms with Crippen molar-refractivity contribution >= 4 is 68.8 Å². The first-order chi connectivity index (χ1) is 18.6. The Morgan fingerprint density at radius 1 is 1.00 bits per heavy atom. The van der Waals surface area contributed by atoms with Crippen molar-refractivity contribution in [2.24, 2.45) is 0 Å². The van der Waals surface area contributed by atoms with Crippen molar-refractivity contribution in [1.82, 2.24) is 9.80 Å². The number of carbonyl (C=O) groups is 4. The van der Waals surface area contributed by atoms with Gasteiger partial charge in [0.1, 0.15) is 17.7 Å². The van der Waals surface area contributed by atoms with E-state index in [9.17, 15) is 19.2 Å². The third kappa shape index (κ3) is 5.60. The number of likely N-dealkylation sites (tertiary alicyclic amines) is 1. The molecule has 5 rings (SSSR count). The van der Waals surface area contributed by atoms with Crippen LogP contribution in [-0.4, -0.2) is 71.2 Å². The van der Waals surface area contributed by atoms with Crippen LogP contribution >= 0.6 is 39.1 Å². The van der Waals surface area contributed by atoms with Gasteiger partial charge in [-0.2, -0.15) is 0 Å². The highest BCUT2D eigenvalue weighted by Crippen LogP contribution is 2.44. The first-order valence-electron chi connectivity index (χ1n) is 12.6. The summed E-state index contributed by atoms with van der Waals surface area (Å²) in [5, 5.41) is 0.604. The van der Waals surface area contributed by atoms with Crippen molar-refractivity contribution in [1.29, 1.82) is 0 Å². The number of piperidine rings is 1.